The second kappa shape index (κ2) is 3.59. The van der Waals surface area contributed by atoms with Crippen LogP contribution < -0.4 is 0 Å². The lowest BCUT2D eigenvalue weighted by atomic mass is 10.4. The molecular weight excluding hydrogens is 108 g/mol. The van der Waals surface area contributed by atoms with Gasteiger partial charge in [-0.2, -0.15) is 0 Å². The highest BCUT2D eigenvalue weighted by Gasteiger charge is 1.67. The summed E-state index contributed by atoms with van der Waals surface area (Å²) in [4.78, 5) is 0. The summed E-state index contributed by atoms with van der Waals surface area (Å²) in [6.07, 6.45) is 1.59. The molecule has 1 nitrogen and oxygen atoms in total. The minimum Gasteiger partial charge on any atom is -0.203 e. The molecule has 7 heavy (non-hydrogen) atoms. The monoisotopic (exact) mass is 114 g/mol. The average Bonchev–Trinajstić information content (AvgIpc) is 1.68. The lowest BCUT2D eigenvalue weighted by molar-refractivity contribution is 0.701. The third-order valence-electron chi connectivity index (χ3n) is 0.509. The first kappa shape index (κ1) is 6.41. The van der Waals surface area contributed by atoms with E-state index in [0.717, 1.165) is 5.57 Å². The summed E-state index contributed by atoms with van der Waals surface area (Å²) in [5.74, 6) is 0. The van der Waals surface area contributed by atoms with E-state index in [1.54, 1.807) is 13.0 Å². The van der Waals surface area contributed by atoms with Gasteiger partial charge in [0.25, 0.3) is 0 Å². The van der Waals surface area contributed by atoms with Crippen molar-refractivity contribution in [1.82, 2.24) is 0 Å². The maximum Gasteiger partial charge on any atom is 0.142 e. The fraction of sp³-hybridized carbons (Fsp3) is 0.200. The molecule has 0 aromatic rings. The number of hydrogen-bond acceptors (Lipinski definition) is 1. The van der Waals surface area contributed by atoms with E-state index in [0.29, 0.717) is 11.3 Å². The zero-order valence-corrected chi connectivity index (χ0v) is 4.92. The van der Waals surface area contributed by atoms with Gasteiger partial charge in [0.15, 0.2) is 0 Å². The molecule has 0 rings (SSSR count). The van der Waals surface area contributed by atoms with Gasteiger partial charge in [0, 0.05) is 5.57 Å². The summed E-state index contributed by atoms with van der Waals surface area (Å²) in [5, 5.41) is 2.45. The van der Waals surface area contributed by atoms with Crippen LogP contribution in [0.3, 0.4) is 0 Å². The topological polar surface area (TPSA) is 17.1 Å². The minimum atomic E-state index is 0.326. The Bertz CT molecular complexity index is 147. The van der Waals surface area contributed by atoms with Crippen molar-refractivity contribution in [3.63, 3.8) is 0 Å². The standard InChI is InChI=1S/C5H6OS/c1-3-5(2)4-7-6/h3H,1H2,2H3. The molecular formula is C5H6OS. The van der Waals surface area contributed by atoms with E-state index in [1.165, 1.54) is 0 Å². The van der Waals surface area contributed by atoms with Gasteiger partial charge in [0.1, 0.15) is 11.3 Å². The molecule has 0 aliphatic rings. The van der Waals surface area contributed by atoms with Crippen LogP contribution in [0.1, 0.15) is 6.92 Å². The van der Waals surface area contributed by atoms with Crippen LogP contribution in [0.2, 0.25) is 0 Å². The van der Waals surface area contributed by atoms with Gasteiger partial charge in [0.05, 0.1) is 0 Å². The summed E-state index contributed by atoms with van der Waals surface area (Å²) in [6.45, 7) is 5.20. The molecule has 38 valence electrons. The van der Waals surface area contributed by atoms with Crippen LogP contribution in [-0.4, -0.2) is 9.23 Å². The Morgan fingerprint density at radius 3 is 2.71 bits per heavy atom. The fourth-order valence-electron chi connectivity index (χ4n) is 0.107. The Morgan fingerprint density at radius 2 is 2.57 bits per heavy atom. The highest BCUT2D eigenvalue weighted by atomic mass is 32.1. The molecule has 0 fully saturated rings. The zero-order chi connectivity index (χ0) is 5.70. The Kier molecular flexibility index (Phi) is 3.29. The number of rotatable bonds is 1. The molecule has 0 aliphatic heterocycles. The first-order chi connectivity index (χ1) is 3.31. The molecule has 0 N–H and O–H groups in total. The third kappa shape index (κ3) is 3.23. The lowest BCUT2D eigenvalue weighted by Crippen LogP contribution is -1.62. The first-order valence-corrected chi connectivity index (χ1v) is 2.56. The van der Waals surface area contributed by atoms with Crippen LogP contribution in [0.5, 0.6) is 0 Å². The highest BCUT2D eigenvalue weighted by Crippen LogP contribution is 1.80. The predicted molar refractivity (Wildman–Crippen MR) is 32.5 cm³/mol. The van der Waals surface area contributed by atoms with Gasteiger partial charge >= 0.3 is 0 Å². The van der Waals surface area contributed by atoms with Crippen LogP contribution >= 0.6 is 0 Å². The second-order valence-electron chi connectivity index (χ2n) is 1.07. The Morgan fingerprint density at radius 1 is 2.00 bits per heavy atom. The minimum absolute atomic E-state index is 0.326. The molecule has 0 saturated carbocycles. The molecule has 0 atom stereocenters. The van der Waals surface area contributed by atoms with Gasteiger partial charge in [-0.05, 0) is 11.9 Å². The van der Waals surface area contributed by atoms with E-state index in [-0.39, 0.29) is 0 Å². The van der Waals surface area contributed by atoms with Crippen LogP contribution in [0, 0.1) is 0 Å². The van der Waals surface area contributed by atoms with Crippen molar-refractivity contribution in [2.24, 2.45) is 0 Å². The molecule has 0 spiro atoms. The summed E-state index contributed by atoms with van der Waals surface area (Å²) in [5.41, 5.74) is 0.792. The van der Waals surface area contributed by atoms with Gasteiger partial charge in [0.2, 0.25) is 0 Å². The molecule has 0 radical (unpaired) electrons. The van der Waals surface area contributed by atoms with Crippen molar-refractivity contribution >= 4 is 16.3 Å². The third-order valence-corrected chi connectivity index (χ3v) is 0.914. The van der Waals surface area contributed by atoms with Crippen molar-refractivity contribution in [3.05, 3.63) is 18.2 Å². The molecule has 0 unspecified atom stereocenters. The second-order valence-corrected chi connectivity index (χ2v) is 1.44. The van der Waals surface area contributed by atoms with Gasteiger partial charge in [-0.25, -0.2) is 4.21 Å². The van der Waals surface area contributed by atoms with Crippen molar-refractivity contribution in [2.75, 3.05) is 0 Å². The molecule has 0 aromatic heterocycles. The van der Waals surface area contributed by atoms with Crippen molar-refractivity contribution in [1.29, 1.82) is 0 Å². The van der Waals surface area contributed by atoms with E-state index in [9.17, 15) is 4.21 Å². The number of allylic oxidation sites excluding steroid dienone is 2. The zero-order valence-electron chi connectivity index (χ0n) is 4.10. The first-order valence-electron chi connectivity index (χ1n) is 1.82. The molecule has 0 saturated heterocycles. The summed E-state index contributed by atoms with van der Waals surface area (Å²) in [6, 6.07) is 0. The molecule has 0 heterocycles. The molecule has 2 heteroatoms. The van der Waals surface area contributed by atoms with Gasteiger partial charge in [-0.15, -0.1) is 0 Å². The number of hydrogen-bond donors (Lipinski definition) is 0. The molecule has 0 aliphatic carbocycles. The predicted octanol–water partition coefficient (Wildman–Crippen LogP) is 0.733. The van der Waals surface area contributed by atoms with Crippen LogP contribution in [0.25, 0.3) is 0 Å². The van der Waals surface area contributed by atoms with Gasteiger partial charge in [-0.3, -0.25) is 0 Å². The van der Waals surface area contributed by atoms with Crippen LogP contribution in [0.15, 0.2) is 18.2 Å². The molecule has 0 aromatic carbocycles. The van der Waals surface area contributed by atoms with Crippen molar-refractivity contribution in [3.8, 4) is 0 Å². The van der Waals surface area contributed by atoms with Crippen LogP contribution in [-0.2, 0) is 11.3 Å². The highest BCUT2D eigenvalue weighted by molar-refractivity contribution is 7.64. The quantitative estimate of drug-likeness (QED) is 0.363. The molecule has 0 bridgehead atoms. The smallest absolute Gasteiger partial charge is 0.142 e. The lowest BCUT2D eigenvalue weighted by Gasteiger charge is -1.71. The van der Waals surface area contributed by atoms with Crippen LogP contribution in [0.4, 0.5) is 0 Å². The Balaban J connectivity index is 4.31. The normalized spacial score (nSPS) is 6.43. The van der Waals surface area contributed by atoms with Gasteiger partial charge < -0.3 is 0 Å². The molecule has 0 amide bonds. The van der Waals surface area contributed by atoms with E-state index in [1.807, 2.05) is 0 Å². The van der Waals surface area contributed by atoms with E-state index < -0.39 is 0 Å². The Hall–Kier alpha value is -0.590. The van der Waals surface area contributed by atoms with Gasteiger partial charge in [-0.1, -0.05) is 12.7 Å². The SMILES string of the molecule is C=CC(C)=C=S=O. The van der Waals surface area contributed by atoms with E-state index >= 15 is 0 Å². The fourth-order valence-corrected chi connectivity index (χ4v) is 0.322. The summed E-state index contributed by atoms with van der Waals surface area (Å²) >= 11 is 0.326. The van der Waals surface area contributed by atoms with E-state index in [2.05, 4.69) is 11.6 Å². The van der Waals surface area contributed by atoms with E-state index in [4.69, 9.17) is 0 Å². The summed E-state index contributed by atoms with van der Waals surface area (Å²) < 4.78 is 9.64. The maximum absolute atomic E-state index is 9.64. The largest absolute Gasteiger partial charge is 0.203 e. The average molecular weight is 114 g/mol. The maximum atomic E-state index is 9.64. The van der Waals surface area contributed by atoms with Crippen molar-refractivity contribution < 1.29 is 4.21 Å². The summed E-state index contributed by atoms with van der Waals surface area (Å²) in [7, 11) is 0. The van der Waals surface area contributed by atoms with Crippen molar-refractivity contribution in [2.45, 2.75) is 6.92 Å². The Labute approximate surface area is 46.4 Å².